The molecule has 3 aliphatic rings. The Bertz CT molecular complexity index is 1000. The predicted octanol–water partition coefficient (Wildman–Crippen LogP) is 2.72. The lowest BCUT2D eigenvalue weighted by Gasteiger charge is -2.41. The minimum absolute atomic E-state index is 0.0437. The Morgan fingerprint density at radius 1 is 1.31 bits per heavy atom. The number of aromatic nitrogens is 2. The molecular formula is C24H30FN5O2. The lowest BCUT2D eigenvalue weighted by Crippen LogP contribution is -2.51. The molecule has 1 aromatic heterocycles. The predicted molar refractivity (Wildman–Crippen MR) is 119 cm³/mol. The summed E-state index contributed by atoms with van der Waals surface area (Å²) in [5.74, 6) is 1.38. The molecule has 170 valence electrons. The molecule has 1 unspecified atom stereocenters. The quantitative estimate of drug-likeness (QED) is 0.763. The molecule has 3 aliphatic heterocycles. The van der Waals surface area contributed by atoms with E-state index in [2.05, 4.69) is 10.6 Å². The van der Waals surface area contributed by atoms with E-state index < -0.39 is 5.41 Å². The molecule has 2 aromatic rings. The molecule has 0 spiro atoms. The zero-order valence-electron chi connectivity index (χ0n) is 18.5. The minimum Gasteiger partial charge on any atom is -0.381 e. The molecule has 1 amide bonds. The third-order valence-electron chi connectivity index (χ3n) is 7.11. The van der Waals surface area contributed by atoms with Crippen molar-refractivity contribution >= 4 is 11.7 Å². The Labute approximate surface area is 187 Å². The van der Waals surface area contributed by atoms with Gasteiger partial charge in [-0.15, -0.1) is 0 Å². The Balaban J connectivity index is 1.47. The van der Waals surface area contributed by atoms with Crippen LogP contribution in [-0.4, -0.2) is 54.1 Å². The standard InChI is InChI=1S/C24H30FN5O2/c1-26-21-18-7-11-30(15-20(18)28-22(29-21)19-6-3-10-27-19)23(31)24(8-12-32-13-9-24)16-4-2-5-17(25)14-16/h2,4-5,14,19,27H,3,6-13,15H2,1H3,(H,26,28,29). The van der Waals surface area contributed by atoms with Gasteiger partial charge in [-0.1, -0.05) is 12.1 Å². The van der Waals surface area contributed by atoms with E-state index in [9.17, 15) is 9.18 Å². The minimum atomic E-state index is -0.757. The van der Waals surface area contributed by atoms with Gasteiger partial charge in [0, 0.05) is 32.4 Å². The molecule has 5 rings (SSSR count). The van der Waals surface area contributed by atoms with Crippen molar-refractivity contribution in [2.75, 3.05) is 38.7 Å². The molecule has 0 saturated carbocycles. The molecule has 2 fully saturated rings. The van der Waals surface area contributed by atoms with Crippen molar-refractivity contribution in [2.45, 2.75) is 50.1 Å². The van der Waals surface area contributed by atoms with Gasteiger partial charge in [0.25, 0.3) is 0 Å². The summed E-state index contributed by atoms with van der Waals surface area (Å²) in [6, 6.07) is 6.65. The summed E-state index contributed by atoms with van der Waals surface area (Å²) < 4.78 is 19.7. The second-order valence-electron chi connectivity index (χ2n) is 8.94. The monoisotopic (exact) mass is 439 g/mol. The number of halogens is 1. The number of hydrogen-bond donors (Lipinski definition) is 2. The molecule has 1 atom stereocenters. The van der Waals surface area contributed by atoms with Crippen LogP contribution in [0.5, 0.6) is 0 Å². The molecule has 2 N–H and O–H groups in total. The molecule has 2 saturated heterocycles. The molecular weight excluding hydrogens is 409 g/mol. The number of hydrogen-bond acceptors (Lipinski definition) is 6. The highest BCUT2D eigenvalue weighted by molar-refractivity contribution is 5.88. The van der Waals surface area contributed by atoms with Gasteiger partial charge in [-0.3, -0.25) is 4.79 Å². The van der Waals surface area contributed by atoms with E-state index in [0.717, 1.165) is 47.8 Å². The number of benzene rings is 1. The first-order valence-electron chi connectivity index (χ1n) is 11.5. The van der Waals surface area contributed by atoms with Crippen LogP contribution < -0.4 is 10.6 Å². The second-order valence-corrected chi connectivity index (χ2v) is 8.94. The van der Waals surface area contributed by atoms with Crippen LogP contribution in [0.1, 0.15) is 54.4 Å². The molecule has 0 aliphatic carbocycles. The number of ether oxygens (including phenoxy) is 1. The normalized spacial score (nSPS) is 22.4. The average Bonchev–Trinajstić information content (AvgIpc) is 3.38. The lowest BCUT2D eigenvalue weighted by atomic mass is 9.72. The third kappa shape index (κ3) is 3.75. The zero-order valence-corrected chi connectivity index (χ0v) is 18.5. The molecule has 7 nitrogen and oxygen atoms in total. The largest absolute Gasteiger partial charge is 0.381 e. The van der Waals surface area contributed by atoms with Crippen LogP contribution >= 0.6 is 0 Å². The molecule has 32 heavy (non-hydrogen) atoms. The highest BCUT2D eigenvalue weighted by Gasteiger charge is 2.45. The van der Waals surface area contributed by atoms with Crippen LogP contribution in [0.4, 0.5) is 10.2 Å². The van der Waals surface area contributed by atoms with Gasteiger partial charge in [0.1, 0.15) is 17.5 Å². The van der Waals surface area contributed by atoms with Gasteiger partial charge < -0.3 is 20.3 Å². The number of carbonyl (C=O) groups excluding carboxylic acids is 1. The van der Waals surface area contributed by atoms with Crippen LogP contribution in [0.25, 0.3) is 0 Å². The van der Waals surface area contributed by atoms with Crippen molar-refractivity contribution in [3.63, 3.8) is 0 Å². The number of fused-ring (bicyclic) bond motifs is 1. The van der Waals surface area contributed by atoms with E-state index in [1.165, 1.54) is 12.1 Å². The second kappa shape index (κ2) is 8.75. The van der Waals surface area contributed by atoms with Crippen molar-refractivity contribution < 1.29 is 13.9 Å². The number of anilines is 1. The fourth-order valence-electron chi connectivity index (χ4n) is 5.33. The topological polar surface area (TPSA) is 79.4 Å². The Hall–Kier alpha value is -2.58. The Morgan fingerprint density at radius 2 is 2.16 bits per heavy atom. The van der Waals surface area contributed by atoms with Crippen LogP contribution in [0, 0.1) is 5.82 Å². The van der Waals surface area contributed by atoms with E-state index in [1.54, 1.807) is 6.07 Å². The van der Waals surface area contributed by atoms with Gasteiger partial charge >= 0.3 is 0 Å². The smallest absolute Gasteiger partial charge is 0.233 e. The lowest BCUT2D eigenvalue weighted by molar-refractivity contribution is -0.142. The number of carbonyl (C=O) groups is 1. The van der Waals surface area contributed by atoms with Crippen LogP contribution in [0.15, 0.2) is 24.3 Å². The van der Waals surface area contributed by atoms with Gasteiger partial charge in [0.15, 0.2) is 0 Å². The van der Waals surface area contributed by atoms with Gasteiger partial charge in [-0.2, -0.15) is 0 Å². The molecule has 0 bridgehead atoms. The maximum absolute atomic E-state index is 14.1. The maximum atomic E-state index is 14.1. The summed E-state index contributed by atoms with van der Waals surface area (Å²) >= 11 is 0. The molecule has 8 heteroatoms. The van der Waals surface area contributed by atoms with E-state index in [0.29, 0.717) is 45.6 Å². The van der Waals surface area contributed by atoms with Crippen molar-refractivity contribution in [2.24, 2.45) is 0 Å². The number of rotatable bonds is 4. The highest BCUT2D eigenvalue weighted by atomic mass is 19.1. The summed E-state index contributed by atoms with van der Waals surface area (Å²) in [7, 11) is 1.88. The van der Waals surface area contributed by atoms with Gasteiger partial charge in [-0.25, -0.2) is 14.4 Å². The molecule has 4 heterocycles. The van der Waals surface area contributed by atoms with Gasteiger partial charge in [0.2, 0.25) is 5.91 Å². The summed E-state index contributed by atoms with van der Waals surface area (Å²) in [6.45, 7) is 3.02. The summed E-state index contributed by atoms with van der Waals surface area (Å²) in [6.07, 6.45) is 3.95. The summed E-state index contributed by atoms with van der Waals surface area (Å²) in [5.41, 5.74) is 1.98. The van der Waals surface area contributed by atoms with Crippen LogP contribution in [0.3, 0.4) is 0 Å². The van der Waals surface area contributed by atoms with Crippen molar-refractivity contribution in [3.8, 4) is 0 Å². The maximum Gasteiger partial charge on any atom is 0.233 e. The van der Waals surface area contributed by atoms with E-state index in [-0.39, 0.29) is 17.8 Å². The summed E-state index contributed by atoms with van der Waals surface area (Å²) in [5, 5.41) is 6.69. The van der Waals surface area contributed by atoms with Crippen molar-refractivity contribution in [1.29, 1.82) is 0 Å². The van der Waals surface area contributed by atoms with E-state index >= 15 is 0 Å². The Kier molecular flexibility index (Phi) is 5.82. The molecule has 1 aromatic carbocycles. The van der Waals surface area contributed by atoms with Crippen molar-refractivity contribution in [3.05, 3.63) is 52.7 Å². The zero-order chi connectivity index (χ0) is 22.1. The number of nitrogens with zero attached hydrogens (tertiary/aromatic N) is 3. The number of nitrogens with one attached hydrogen (secondary N) is 2. The first kappa shape index (κ1) is 21.3. The first-order valence-corrected chi connectivity index (χ1v) is 11.5. The molecule has 0 radical (unpaired) electrons. The van der Waals surface area contributed by atoms with Crippen LogP contribution in [-0.2, 0) is 27.9 Å². The first-order chi connectivity index (χ1) is 15.6. The van der Waals surface area contributed by atoms with Crippen molar-refractivity contribution in [1.82, 2.24) is 20.2 Å². The van der Waals surface area contributed by atoms with E-state index in [4.69, 9.17) is 14.7 Å². The van der Waals surface area contributed by atoms with Gasteiger partial charge in [-0.05, 0) is 56.3 Å². The van der Waals surface area contributed by atoms with Gasteiger partial charge in [0.05, 0.1) is 23.7 Å². The Morgan fingerprint density at radius 3 is 2.88 bits per heavy atom. The average molecular weight is 440 g/mol. The fourth-order valence-corrected chi connectivity index (χ4v) is 5.33. The summed E-state index contributed by atoms with van der Waals surface area (Å²) in [4.78, 5) is 25.5. The van der Waals surface area contributed by atoms with Crippen LogP contribution in [0.2, 0.25) is 0 Å². The highest BCUT2D eigenvalue weighted by Crippen LogP contribution is 2.38. The van der Waals surface area contributed by atoms with E-state index in [1.807, 2.05) is 18.0 Å². The third-order valence-corrected chi connectivity index (χ3v) is 7.11. The fraction of sp³-hybridized carbons (Fsp3) is 0.542. The number of amides is 1. The SMILES string of the molecule is CNc1nc(C2CCCN2)nc2c1CCN(C(=O)C1(c3cccc(F)c3)CCOCC1)C2.